The van der Waals surface area contributed by atoms with Crippen molar-refractivity contribution in [3.05, 3.63) is 69.4 Å². The molecular formula is C17H14BrFO2. The van der Waals surface area contributed by atoms with Gasteiger partial charge >= 0.3 is 0 Å². The Hall–Kier alpha value is -1.67. The summed E-state index contributed by atoms with van der Waals surface area (Å²) in [4.78, 5) is 0. The quantitative estimate of drug-likeness (QED) is 0.854. The summed E-state index contributed by atoms with van der Waals surface area (Å²) >= 11 is 3.38. The van der Waals surface area contributed by atoms with E-state index in [1.807, 2.05) is 24.3 Å². The Kier molecular flexibility index (Phi) is 5.94. The molecule has 0 aliphatic rings. The second kappa shape index (κ2) is 7.94. The molecule has 0 aliphatic carbocycles. The first-order valence-corrected chi connectivity index (χ1v) is 7.18. The molecule has 0 aliphatic heterocycles. The van der Waals surface area contributed by atoms with Crippen molar-refractivity contribution < 1.29 is 14.2 Å². The van der Waals surface area contributed by atoms with Crippen LogP contribution in [0.5, 0.6) is 0 Å². The van der Waals surface area contributed by atoms with Crippen LogP contribution in [0.1, 0.15) is 16.7 Å². The average Bonchev–Trinajstić information content (AvgIpc) is 2.49. The standard InChI is InChI=1S/C17H14BrFO2/c18-16-6-3-13(4-7-16)11-21-12-15-5-8-17(19)10-14(15)2-1-9-20/h3-8,10,20H,9,11-12H2. The first kappa shape index (κ1) is 15.7. The molecule has 0 aromatic heterocycles. The van der Waals surface area contributed by atoms with Gasteiger partial charge in [0.05, 0.1) is 13.2 Å². The third-order valence-corrected chi connectivity index (χ3v) is 3.34. The first-order chi connectivity index (χ1) is 10.2. The van der Waals surface area contributed by atoms with E-state index in [2.05, 4.69) is 27.8 Å². The fraction of sp³-hybridized carbons (Fsp3) is 0.176. The predicted octanol–water partition coefficient (Wildman–Crippen LogP) is 3.65. The van der Waals surface area contributed by atoms with Gasteiger partial charge in [0.2, 0.25) is 0 Å². The molecule has 108 valence electrons. The highest BCUT2D eigenvalue weighted by atomic mass is 79.9. The topological polar surface area (TPSA) is 29.5 Å². The summed E-state index contributed by atoms with van der Waals surface area (Å²) in [6.45, 7) is 0.555. The zero-order valence-electron chi connectivity index (χ0n) is 11.3. The molecule has 21 heavy (non-hydrogen) atoms. The summed E-state index contributed by atoms with van der Waals surface area (Å²) in [5.41, 5.74) is 2.40. The van der Waals surface area contributed by atoms with Gasteiger partial charge in [0.15, 0.2) is 0 Å². The minimum absolute atomic E-state index is 0.254. The molecule has 0 unspecified atom stereocenters. The molecule has 0 spiro atoms. The Morgan fingerprint density at radius 1 is 1.10 bits per heavy atom. The Bertz CT molecular complexity index is 657. The summed E-state index contributed by atoms with van der Waals surface area (Å²) < 4.78 is 19.9. The molecule has 0 fully saturated rings. The number of halogens is 2. The Balaban J connectivity index is 2.01. The van der Waals surface area contributed by atoms with Gasteiger partial charge in [0, 0.05) is 10.0 Å². The molecule has 1 N–H and O–H groups in total. The van der Waals surface area contributed by atoms with Crippen LogP contribution in [-0.4, -0.2) is 11.7 Å². The van der Waals surface area contributed by atoms with Gasteiger partial charge in [-0.05, 0) is 35.4 Å². The molecule has 0 atom stereocenters. The molecule has 2 rings (SSSR count). The largest absolute Gasteiger partial charge is 0.384 e. The maximum Gasteiger partial charge on any atom is 0.124 e. The Morgan fingerprint density at radius 2 is 1.86 bits per heavy atom. The highest BCUT2D eigenvalue weighted by Crippen LogP contribution is 2.14. The lowest BCUT2D eigenvalue weighted by Crippen LogP contribution is -1.97. The summed E-state index contributed by atoms with van der Waals surface area (Å²) in [6.07, 6.45) is 0. The molecule has 0 amide bonds. The van der Waals surface area contributed by atoms with Gasteiger partial charge in [0.25, 0.3) is 0 Å². The highest BCUT2D eigenvalue weighted by Gasteiger charge is 2.03. The molecule has 0 bridgehead atoms. The van der Waals surface area contributed by atoms with E-state index in [0.717, 1.165) is 15.6 Å². The van der Waals surface area contributed by atoms with Crippen molar-refractivity contribution in [2.45, 2.75) is 13.2 Å². The summed E-state index contributed by atoms with van der Waals surface area (Å²) in [5, 5.41) is 8.73. The summed E-state index contributed by atoms with van der Waals surface area (Å²) in [6, 6.07) is 12.2. The first-order valence-electron chi connectivity index (χ1n) is 6.39. The van der Waals surface area contributed by atoms with Gasteiger partial charge in [-0.25, -0.2) is 4.39 Å². The van der Waals surface area contributed by atoms with Crippen molar-refractivity contribution in [2.24, 2.45) is 0 Å². The third-order valence-electron chi connectivity index (χ3n) is 2.81. The van der Waals surface area contributed by atoms with Gasteiger partial charge in [-0.2, -0.15) is 0 Å². The van der Waals surface area contributed by atoms with Crippen LogP contribution in [0.25, 0.3) is 0 Å². The van der Waals surface area contributed by atoms with Crippen LogP contribution in [-0.2, 0) is 18.0 Å². The van der Waals surface area contributed by atoms with Crippen LogP contribution in [0, 0.1) is 17.7 Å². The molecule has 0 heterocycles. The second-order valence-corrected chi connectivity index (χ2v) is 5.30. The molecule has 2 nitrogen and oxygen atoms in total. The minimum Gasteiger partial charge on any atom is -0.384 e. The van der Waals surface area contributed by atoms with E-state index in [4.69, 9.17) is 9.84 Å². The van der Waals surface area contributed by atoms with Gasteiger partial charge in [-0.1, -0.05) is 46.0 Å². The minimum atomic E-state index is -0.353. The van der Waals surface area contributed by atoms with Gasteiger partial charge < -0.3 is 9.84 Å². The Morgan fingerprint density at radius 3 is 2.57 bits per heavy atom. The highest BCUT2D eigenvalue weighted by molar-refractivity contribution is 9.10. The molecular weight excluding hydrogens is 335 g/mol. The molecule has 4 heteroatoms. The molecule has 2 aromatic carbocycles. The van der Waals surface area contributed by atoms with E-state index in [-0.39, 0.29) is 12.4 Å². The zero-order valence-corrected chi connectivity index (χ0v) is 12.9. The van der Waals surface area contributed by atoms with Crippen molar-refractivity contribution in [2.75, 3.05) is 6.61 Å². The number of aliphatic hydroxyl groups excluding tert-OH is 1. The number of hydrogen-bond acceptors (Lipinski definition) is 2. The number of ether oxygens (including phenoxy) is 1. The number of rotatable bonds is 4. The lowest BCUT2D eigenvalue weighted by atomic mass is 10.1. The molecule has 2 aromatic rings. The normalized spacial score (nSPS) is 10.0. The van der Waals surface area contributed by atoms with Gasteiger partial charge in [-0.3, -0.25) is 0 Å². The fourth-order valence-corrected chi connectivity index (χ4v) is 2.05. The smallest absolute Gasteiger partial charge is 0.124 e. The Labute approximate surface area is 131 Å². The van der Waals surface area contributed by atoms with Gasteiger partial charge in [0.1, 0.15) is 12.4 Å². The summed E-state index contributed by atoms with van der Waals surface area (Å²) in [5.74, 6) is 4.91. The number of benzene rings is 2. The SMILES string of the molecule is OCC#Cc1cc(F)ccc1COCc1ccc(Br)cc1. The molecule has 0 saturated heterocycles. The fourth-order valence-electron chi connectivity index (χ4n) is 1.79. The van der Waals surface area contributed by atoms with E-state index in [1.165, 1.54) is 12.1 Å². The van der Waals surface area contributed by atoms with Crippen molar-refractivity contribution in [3.8, 4) is 11.8 Å². The summed E-state index contributed by atoms with van der Waals surface area (Å²) in [7, 11) is 0. The number of aliphatic hydroxyl groups is 1. The van der Waals surface area contributed by atoms with E-state index in [0.29, 0.717) is 18.8 Å². The van der Waals surface area contributed by atoms with Gasteiger partial charge in [-0.15, -0.1) is 0 Å². The lowest BCUT2D eigenvalue weighted by molar-refractivity contribution is 0.107. The van der Waals surface area contributed by atoms with Crippen LogP contribution in [0.15, 0.2) is 46.9 Å². The van der Waals surface area contributed by atoms with E-state index in [9.17, 15) is 4.39 Å². The average molecular weight is 349 g/mol. The lowest BCUT2D eigenvalue weighted by Gasteiger charge is -2.07. The third kappa shape index (κ3) is 4.98. The maximum absolute atomic E-state index is 13.2. The van der Waals surface area contributed by atoms with Crippen molar-refractivity contribution >= 4 is 15.9 Å². The van der Waals surface area contributed by atoms with Crippen LogP contribution in [0.2, 0.25) is 0 Å². The second-order valence-electron chi connectivity index (χ2n) is 4.38. The van der Waals surface area contributed by atoms with Crippen LogP contribution < -0.4 is 0 Å². The molecule has 0 radical (unpaired) electrons. The van der Waals surface area contributed by atoms with Crippen molar-refractivity contribution in [1.82, 2.24) is 0 Å². The number of hydrogen-bond donors (Lipinski definition) is 1. The predicted molar refractivity (Wildman–Crippen MR) is 83.0 cm³/mol. The van der Waals surface area contributed by atoms with Crippen LogP contribution >= 0.6 is 15.9 Å². The molecule has 0 saturated carbocycles. The maximum atomic E-state index is 13.2. The van der Waals surface area contributed by atoms with Crippen molar-refractivity contribution in [1.29, 1.82) is 0 Å². The van der Waals surface area contributed by atoms with Crippen LogP contribution in [0.3, 0.4) is 0 Å². The van der Waals surface area contributed by atoms with Crippen molar-refractivity contribution in [3.63, 3.8) is 0 Å². The monoisotopic (exact) mass is 348 g/mol. The van der Waals surface area contributed by atoms with Crippen LogP contribution in [0.4, 0.5) is 4.39 Å². The van der Waals surface area contributed by atoms with E-state index >= 15 is 0 Å². The van der Waals surface area contributed by atoms with E-state index < -0.39 is 0 Å². The zero-order chi connectivity index (χ0) is 15.1. The van der Waals surface area contributed by atoms with E-state index in [1.54, 1.807) is 6.07 Å².